The van der Waals surface area contributed by atoms with Gasteiger partial charge in [-0.3, -0.25) is 4.90 Å². The van der Waals surface area contributed by atoms with Gasteiger partial charge in [0.15, 0.2) is 5.96 Å². The van der Waals surface area contributed by atoms with E-state index >= 15 is 0 Å². The van der Waals surface area contributed by atoms with Crippen LogP contribution in [0.25, 0.3) is 0 Å². The average Bonchev–Trinajstić information content (AvgIpc) is 2.85. The summed E-state index contributed by atoms with van der Waals surface area (Å²) in [5.41, 5.74) is 2.63. The second kappa shape index (κ2) is 11.2. The molecule has 2 aliphatic rings. The third-order valence-corrected chi connectivity index (χ3v) is 6.19. The Labute approximate surface area is 192 Å². The minimum atomic E-state index is 0.694. The number of nitrogens with one attached hydrogen (secondary N) is 1. The van der Waals surface area contributed by atoms with Crippen LogP contribution in [0.4, 0.5) is 5.95 Å². The van der Waals surface area contributed by atoms with Crippen LogP contribution in [-0.4, -0.2) is 96.6 Å². The molecule has 1 aromatic carbocycles. The van der Waals surface area contributed by atoms with Crippen molar-refractivity contribution in [3.63, 3.8) is 0 Å². The zero-order chi connectivity index (χ0) is 22.2. The van der Waals surface area contributed by atoms with Crippen LogP contribution in [0.1, 0.15) is 18.1 Å². The molecule has 0 radical (unpaired) electrons. The molecule has 8 nitrogen and oxygen atoms in total. The molecule has 2 saturated heterocycles. The van der Waals surface area contributed by atoms with Crippen LogP contribution in [0.5, 0.6) is 0 Å². The maximum atomic E-state index is 4.92. The summed E-state index contributed by atoms with van der Waals surface area (Å²) in [5, 5.41) is 3.46. The van der Waals surface area contributed by atoms with Crippen molar-refractivity contribution in [3.8, 4) is 0 Å². The normalized spacial score (nSPS) is 18.8. The molecule has 0 bridgehead atoms. The molecule has 0 atom stereocenters. The average molecular weight is 437 g/mol. The second-order valence-corrected chi connectivity index (χ2v) is 8.59. The van der Waals surface area contributed by atoms with Gasteiger partial charge in [0.2, 0.25) is 5.95 Å². The fourth-order valence-electron chi connectivity index (χ4n) is 4.18. The van der Waals surface area contributed by atoms with Crippen molar-refractivity contribution in [3.05, 3.63) is 53.9 Å². The summed E-state index contributed by atoms with van der Waals surface area (Å²) >= 11 is 0. The van der Waals surface area contributed by atoms with Crippen LogP contribution < -0.4 is 10.2 Å². The van der Waals surface area contributed by atoms with Crippen molar-refractivity contribution in [1.29, 1.82) is 0 Å². The molecular weight excluding hydrogens is 400 g/mol. The molecule has 0 spiro atoms. The number of likely N-dealkylation sites (N-methyl/N-ethyl adjacent to an activating group) is 1. The Hall–Kier alpha value is -2.71. The summed E-state index contributed by atoms with van der Waals surface area (Å²) in [4.78, 5) is 23.2. The SMILES string of the molecule is CCNC(=NCc1ccc(CN2CCN(C)CC2)cc1)N1CCN(c2ncccn2)CC1. The number of rotatable bonds is 6. The van der Waals surface area contributed by atoms with Gasteiger partial charge in [-0.05, 0) is 31.2 Å². The summed E-state index contributed by atoms with van der Waals surface area (Å²) in [6.07, 6.45) is 3.60. The lowest BCUT2D eigenvalue weighted by atomic mass is 10.1. The number of hydrogen-bond acceptors (Lipinski definition) is 6. The van der Waals surface area contributed by atoms with Crippen molar-refractivity contribution in [2.75, 3.05) is 70.9 Å². The van der Waals surface area contributed by atoms with Crippen LogP contribution in [0.3, 0.4) is 0 Å². The van der Waals surface area contributed by atoms with Gasteiger partial charge in [0, 0.05) is 77.8 Å². The summed E-state index contributed by atoms with van der Waals surface area (Å²) in [5.74, 6) is 1.80. The van der Waals surface area contributed by atoms with E-state index in [0.29, 0.717) is 6.54 Å². The Bertz CT molecular complexity index is 838. The third-order valence-electron chi connectivity index (χ3n) is 6.19. The Morgan fingerprint density at radius 3 is 2.22 bits per heavy atom. The standard InChI is InChI=1S/C24H36N8/c1-3-25-23(31-15-17-32(18-16-31)24-26-9-4-10-27-24)28-19-21-5-7-22(8-6-21)20-30-13-11-29(2)12-14-30/h4-10H,3,11-20H2,1-2H3,(H,25,28). The van der Waals surface area contributed by atoms with Crippen LogP contribution in [-0.2, 0) is 13.1 Å². The highest BCUT2D eigenvalue weighted by Gasteiger charge is 2.21. The van der Waals surface area contributed by atoms with Gasteiger partial charge in [-0.25, -0.2) is 15.0 Å². The zero-order valence-corrected chi connectivity index (χ0v) is 19.5. The Balaban J connectivity index is 1.30. The van der Waals surface area contributed by atoms with Crippen LogP contribution in [0.2, 0.25) is 0 Å². The van der Waals surface area contributed by atoms with Gasteiger partial charge >= 0.3 is 0 Å². The fourth-order valence-corrected chi connectivity index (χ4v) is 4.18. The number of benzene rings is 1. The molecule has 1 N–H and O–H groups in total. The molecule has 0 amide bonds. The molecule has 172 valence electrons. The summed E-state index contributed by atoms with van der Waals surface area (Å²) in [6, 6.07) is 10.8. The first-order valence-electron chi connectivity index (χ1n) is 11.7. The largest absolute Gasteiger partial charge is 0.357 e. The molecule has 0 unspecified atom stereocenters. The minimum Gasteiger partial charge on any atom is -0.357 e. The van der Waals surface area contributed by atoms with E-state index < -0.39 is 0 Å². The number of aromatic nitrogens is 2. The topological polar surface area (TPSA) is 63.1 Å². The maximum absolute atomic E-state index is 4.92. The smallest absolute Gasteiger partial charge is 0.225 e. The molecule has 4 rings (SSSR count). The van der Waals surface area contributed by atoms with Gasteiger partial charge in [0.1, 0.15) is 0 Å². The lowest BCUT2D eigenvalue weighted by molar-refractivity contribution is 0.148. The van der Waals surface area contributed by atoms with Crippen molar-refractivity contribution in [1.82, 2.24) is 30.0 Å². The number of hydrogen-bond donors (Lipinski definition) is 1. The molecule has 0 saturated carbocycles. The predicted molar refractivity (Wildman–Crippen MR) is 130 cm³/mol. The van der Waals surface area contributed by atoms with Crippen molar-refractivity contribution in [2.24, 2.45) is 4.99 Å². The predicted octanol–water partition coefficient (Wildman–Crippen LogP) is 1.51. The Morgan fingerprint density at radius 1 is 0.906 bits per heavy atom. The first-order chi connectivity index (χ1) is 15.7. The summed E-state index contributed by atoms with van der Waals surface area (Å²) < 4.78 is 0. The Morgan fingerprint density at radius 2 is 1.56 bits per heavy atom. The molecular formula is C24H36N8. The van der Waals surface area contributed by atoms with Crippen molar-refractivity contribution < 1.29 is 0 Å². The van der Waals surface area contributed by atoms with E-state index in [2.05, 4.69) is 73.1 Å². The number of piperazine rings is 2. The minimum absolute atomic E-state index is 0.694. The van der Waals surface area contributed by atoms with Gasteiger partial charge in [-0.15, -0.1) is 0 Å². The van der Waals surface area contributed by atoms with E-state index in [1.165, 1.54) is 11.1 Å². The lowest BCUT2D eigenvalue weighted by Crippen LogP contribution is -2.52. The molecule has 1 aromatic heterocycles. The van der Waals surface area contributed by atoms with Crippen molar-refractivity contribution >= 4 is 11.9 Å². The number of anilines is 1. The lowest BCUT2D eigenvalue weighted by Gasteiger charge is -2.36. The first kappa shape index (κ1) is 22.5. The molecule has 0 aliphatic carbocycles. The zero-order valence-electron chi connectivity index (χ0n) is 19.5. The van der Waals surface area contributed by atoms with Crippen LogP contribution in [0.15, 0.2) is 47.7 Å². The van der Waals surface area contributed by atoms with E-state index in [4.69, 9.17) is 4.99 Å². The molecule has 2 aliphatic heterocycles. The van der Waals surface area contributed by atoms with Gasteiger partial charge < -0.3 is 20.0 Å². The van der Waals surface area contributed by atoms with Crippen LogP contribution in [0, 0.1) is 0 Å². The summed E-state index contributed by atoms with van der Waals surface area (Å²) in [7, 11) is 2.20. The van der Waals surface area contributed by atoms with E-state index in [0.717, 1.165) is 77.4 Å². The molecule has 3 heterocycles. The highest BCUT2D eigenvalue weighted by atomic mass is 15.4. The molecule has 8 heteroatoms. The quantitative estimate of drug-likeness (QED) is 0.544. The molecule has 32 heavy (non-hydrogen) atoms. The van der Waals surface area contributed by atoms with Gasteiger partial charge in [0.05, 0.1) is 6.54 Å². The highest BCUT2D eigenvalue weighted by molar-refractivity contribution is 5.80. The van der Waals surface area contributed by atoms with E-state index in [9.17, 15) is 0 Å². The summed E-state index contributed by atoms with van der Waals surface area (Å²) in [6.45, 7) is 13.0. The van der Waals surface area contributed by atoms with Gasteiger partial charge in [0.25, 0.3) is 0 Å². The first-order valence-corrected chi connectivity index (χ1v) is 11.7. The van der Waals surface area contributed by atoms with E-state index in [1.807, 2.05) is 6.07 Å². The highest BCUT2D eigenvalue weighted by Crippen LogP contribution is 2.12. The molecule has 2 aromatic rings. The van der Waals surface area contributed by atoms with Gasteiger partial charge in [-0.1, -0.05) is 24.3 Å². The number of guanidine groups is 1. The maximum Gasteiger partial charge on any atom is 0.225 e. The second-order valence-electron chi connectivity index (χ2n) is 8.59. The molecule has 2 fully saturated rings. The third kappa shape index (κ3) is 6.17. The fraction of sp³-hybridized carbons (Fsp3) is 0.542. The van der Waals surface area contributed by atoms with Crippen molar-refractivity contribution in [2.45, 2.75) is 20.0 Å². The monoisotopic (exact) mass is 436 g/mol. The van der Waals surface area contributed by atoms with Gasteiger partial charge in [-0.2, -0.15) is 0 Å². The number of nitrogens with zero attached hydrogens (tertiary/aromatic N) is 7. The number of aliphatic imine (C=N–C) groups is 1. The van der Waals surface area contributed by atoms with E-state index in [-0.39, 0.29) is 0 Å². The van der Waals surface area contributed by atoms with E-state index in [1.54, 1.807) is 12.4 Å². The van der Waals surface area contributed by atoms with Crippen LogP contribution >= 0.6 is 0 Å². The Kier molecular flexibility index (Phi) is 7.90.